The average molecular weight is 513 g/mol. The molecule has 196 valence electrons. The van der Waals surface area contributed by atoms with Crippen LogP contribution in [0.5, 0.6) is 0 Å². The maximum atomic E-state index is 13.3. The number of anilines is 2. The lowest BCUT2D eigenvalue weighted by molar-refractivity contribution is -0.106. The summed E-state index contributed by atoms with van der Waals surface area (Å²) in [5.74, 6) is 0.827. The summed E-state index contributed by atoms with van der Waals surface area (Å²) >= 11 is 0. The van der Waals surface area contributed by atoms with Crippen molar-refractivity contribution >= 4 is 29.7 Å². The normalized spacial score (nSPS) is 11.5. The van der Waals surface area contributed by atoms with Crippen molar-refractivity contribution in [2.75, 3.05) is 32.2 Å². The van der Waals surface area contributed by atoms with Gasteiger partial charge in [-0.25, -0.2) is 9.78 Å². The van der Waals surface area contributed by atoms with Crippen LogP contribution in [0.1, 0.15) is 28.5 Å². The molecule has 3 rings (SSSR count). The number of amides is 1. The largest absolute Gasteiger partial charge is 0.499 e. The highest BCUT2D eigenvalue weighted by atomic mass is 16.5. The first kappa shape index (κ1) is 27.9. The molecule has 38 heavy (non-hydrogen) atoms. The van der Waals surface area contributed by atoms with Crippen molar-refractivity contribution < 1.29 is 19.1 Å². The number of carbonyl (C=O) groups is 2. The van der Waals surface area contributed by atoms with Crippen LogP contribution in [-0.2, 0) is 14.3 Å². The fourth-order valence-electron chi connectivity index (χ4n) is 4.04. The number of ether oxygens (including phenoxy) is 2. The molecule has 1 aromatic heterocycles. The number of para-hydroxylation sites is 1. The van der Waals surface area contributed by atoms with Crippen molar-refractivity contribution in [3.8, 4) is 11.1 Å². The number of amidine groups is 1. The molecule has 8 nitrogen and oxygen atoms in total. The second-order valence-electron chi connectivity index (χ2n) is 8.04. The number of rotatable bonds is 11. The van der Waals surface area contributed by atoms with Gasteiger partial charge >= 0.3 is 5.97 Å². The molecule has 2 aromatic carbocycles. The van der Waals surface area contributed by atoms with Gasteiger partial charge in [0.2, 0.25) is 6.41 Å². The second-order valence-corrected chi connectivity index (χ2v) is 8.04. The molecule has 1 N–H and O–H groups in total. The van der Waals surface area contributed by atoms with Gasteiger partial charge in [-0.1, -0.05) is 61.2 Å². The monoisotopic (exact) mass is 512 g/mol. The molecule has 0 bridgehead atoms. The molecule has 0 spiro atoms. The fraction of sp³-hybridized carbons (Fsp3) is 0.200. The van der Waals surface area contributed by atoms with Crippen molar-refractivity contribution in [2.24, 2.45) is 4.99 Å². The van der Waals surface area contributed by atoms with Crippen molar-refractivity contribution in [3.63, 3.8) is 0 Å². The summed E-state index contributed by atoms with van der Waals surface area (Å²) in [6, 6.07) is 18.6. The third kappa shape index (κ3) is 6.15. The molecule has 0 radical (unpaired) electrons. The number of aliphatic imine (C=N–C) groups is 1. The summed E-state index contributed by atoms with van der Waals surface area (Å²) in [6.45, 7) is 7.68. The number of nitrogens with zero attached hydrogens (tertiary/aromatic N) is 3. The van der Waals surface area contributed by atoms with Gasteiger partial charge in [-0.05, 0) is 37.6 Å². The van der Waals surface area contributed by atoms with Crippen LogP contribution < -0.4 is 10.2 Å². The summed E-state index contributed by atoms with van der Waals surface area (Å²) < 4.78 is 10.9. The van der Waals surface area contributed by atoms with Crippen LogP contribution in [0.15, 0.2) is 90.1 Å². The number of methoxy groups -OCH3 is 1. The Balaban J connectivity index is 2.41. The number of hydrogen-bond acceptors (Lipinski definition) is 6. The van der Waals surface area contributed by atoms with E-state index in [0.717, 1.165) is 5.56 Å². The van der Waals surface area contributed by atoms with Crippen LogP contribution in [0.25, 0.3) is 11.1 Å². The minimum absolute atomic E-state index is 0.199. The van der Waals surface area contributed by atoms with Crippen molar-refractivity contribution in [2.45, 2.75) is 13.8 Å². The van der Waals surface area contributed by atoms with Crippen LogP contribution in [0.3, 0.4) is 0 Å². The van der Waals surface area contributed by atoms with Crippen LogP contribution in [0.4, 0.5) is 11.5 Å². The van der Waals surface area contributed by atoms with E-state index in [9.17, 15) is 9.59 Å². The van der Waals surface area contributed by atoms with E-state index in [1.165, 1.54) is 4.90 Å². The Labute approximate surface area is 223 Å². The summed E-state index contributed by atoms with van der Waals surface area (Å²) in [5, 5.41) is 3.29. The van der Waals surface area contributed by atoms with Gasteiger partial charge in [0.15, 0.2) is 5.82 Å². The highest BCUT2D eigenvalue weighted by Gasteiger charge is 2.30. The van der Waals surface area contributed by atoms with E-state index in [0.29, 0.717) is 51.9 Å². The van der Waals surface area contributed by atoms with Gasteiger partial charge in [-0.2, -0.15) is 0 Å². The van der Waals surface area contributed by atoms with Crippen LogP contribution in [0.2, 0.25) is 0 Å². The third-order valence-electron chi connectivity index (χ3n) is 5.73. The van der Waals surface area contributed by atoms with E-state index in [4.69, 9.17) is 14.5 Å². The van der Waals surface area contributed by atoms with E-state index in [1.54, 1.807) is 40.2 Å². The Bertz CT molecular complexity index is 1340. The van der Waals surface area contributed by atoms with Crippen LogP contribution in [0, 0.1) is 6.92 Å². The zero-order valence-corrected chi connectivity index (χ0v) is 22.1. The highest BCUT2D eigenvalue weighted by Crippen LogP contribution is 2.37. The molecule has 0 unspecified atom stereocenters. The predicted octanol–water partition coefficient (Wildman–Crippen LogP) is 5.21. The quantitative estimate of drug-likeness (QED) is 0.0947. The van der Waals surface area contributed by atoms with Crippen LogP contribution >= 0.6 is 0 Å². The zero-order valence-electron chi connectivity index (χ0n) is 22.1. The summed E-state index contributed by atoms with van der Waals surface area (Å²) in [6.07, 6.45) is 4.06. The number of nitrogens with one attached hydrogen (secondary N) is 1. The number of carbonyl (C=O) groups excluding carboxylic acids is 2. The van der Waals surface area contributed by atoms with E-state index in [1.807, 2.05) is 60.7 Å². The Kier molecular flexibility index (Phi) is 9.93. The fourth-order valence-corrected chi connectivity index (χ4v) is 4.04. The maximum absolute atomic E-state index is 13.3. The van der Waals surface area contributed by atoms with Gasteiger partial charge in [-0.15, -0.1) is 0 Å². The topological polar surface area (TPSA) is 93.1 Å². The van der Waals surface area contributed by atoms with Crippen molar-refractivity contribution in [1.29, 1.82) is 0 Å². The molecule has 0 atom stereocenters. The van der Waals surface area contributed by atoms with Gasteiger partial charge in [-0.3, -0.25) is 14.7 Å². The average Bonchev–Trinajstić information content (AvgIpc) is 2.94. The van der Waals surface area contributed by atoms with E-state index in [2.05, 4.69) is 16.9 Å². The SMILES string of the molecule is C=C/C=C(/CNC(=NC)c1c(N(C=O)c2ccccc2)nc(C)c(C(=O)OCC)c1-c1ccccc1)OC. The number of allylic oxidation sites excluding steroid dienone is 2. The molecule has 1 heterocycles. The Morgan fingerprint density at radius 3 is 2.32 bits per heavy atom. The molecule has 1 amide bonds. The number of hydrogen-bond donors (Lipinski definition) is 1. The highest BCUT2D eigenvalue weighted by molar-refractivity contribution is 6.15. The van der Waals surface area contributed by atoms with Crippen molar-refractivity contribution in [1.82, 2.24) is 10.3 Å². The van der Waals surface area contributed by atoms with Crippen LogP contribution in [-0.4, -0.2) is 50.5 Å². The smallest absolute Gasteiger partial charge is 0.340 e. The van der Waals surface area contributed by atoms with Gasteiger partial charge in [0, 0.05) is 12.6 Å². The molecule has 0 aliphatic heterocycles. The summed E-state index contributed by atoms with van der Waals surface area (Å²) in [7, 11) is 3.19. The Hall–Kier alpha value is -4.72. The minimum atomic E-state index is -0.513. The van der Waals surface area contributed by atoms with Gasteiger partial charge < -0.3 is 14.8 Å². The number of esters is 1. The molecular formula is C30H32N4O4. The maximum Gasteiger partial charge on any atom is 0.340 e. The molecule has 0 saturated carbocycles. The van der Waals surface area contributed by atoms with E-state index < -0.39 is 5.97 Å². The molecule has 0 aliphatic carbocycles. The number of aryl methyl sites for hydroxylation is 1. The molecule has 0 fully saturated rings. The summed E-state index contributed by atoms with van der Waals surface area (Å²) in [4.78, 5) is 36.6. The number of aromatic nitrogens is 1. The Morgan fingerprint density at radius 1 is 1.11 bits per heavy atom. The number of pyridine rings is 1. The first-order chi connectivity index (χ1) is 18.5. The van der Waals surface area contributed by atoms with Gasteiger partial charge in [0.1, 0.15) is 11.6 Å². The van der Waals surface area contributed by atoms with E-state index >= 15 is 0 Å². The lowest BCUT2D eigenvalue weighted by atomic mass is 9.92. The van der Waals surface area contributed by atoms with Gasteiger partial charge in [0.05, 0.1) is 42.8 Å². The standard InChI is InChI=1S/C30H32N4O4/c1-6-14-24(37-5)19-32-28(31-4)27-26(22-15-10-8-11-16-22)25(30(36)38-7-2)21(3)33-29(27)34(20-35)23-17-12-9-13-18-23/h6,8-18,20H,1,7,19H2,2-5H3,(H,31,32)/b24-14-. The second kappa shape index (κ2) is 13.5. The van der Waals surface area contributed by atoms with Gasteiger partial charge in [0.25, 0.3) is 0 Å². The first-order valence-electron chi connectivity index (χ1n) is 12.1. The molecular weight excluding hydrogens is 480 g/mol. The third-order valence-corrected chi connectivity index (χ3v) is 5.73. The summed E-state index contributed by atoms with van der Waals surface area (Å²) in [5.41, 5.74) is 3.09. The van der Waals surface area contributed by atoms with Crippen molar-refractivity contribution in [3.05, 3.63) is 102 Å². The Morgan fingerprint density at radius 2 is 1.76 bits per heavy atom. The first-order valence-corrected chi connectivity index (χ1v) is 12.1. The predicted molar refractivity (Wildman–Crippen MR) is 151 cm³/mol. The molecule has 0 aliphatic rings. The molecule has 8 heteroatoms. The number of benzene rings is 2. The lowest BCUT2D eigenvalue weighted by Crippen LogP contribution is -2.31. The van der Waals surface area contributed by atoms with E-state index in [-0.39, 0.29) is 13.2 Å². The lowest BCUT2D eigenvalue weighted by Gasteiger charge is -2.26. The zero-order chi connectivity index (χ0) is 27.5. The molecule has 3 aromatic rings. The molecule has 0 saturated heterocycles. The minimum Gasteiger partial charge on any atom is -0.499 e.